The number of alkyl halides is 3. The van der Waals surface area contributed by atoms with Crippen molar-refractivity contribution in [3.63, 3.8) is 0 Å². The van der Waals surface area contributed by atoms with Gasteiger partial charge in [-0.25, -0.2) is 0 Å². The summed E-state index contributed by atoms with van der Waals surface area (Å²) in [5.41, 5.74) is -2.72. The van der Waals surface area contributed by atoms with E-state index >= 15 is 0 Å². The number of hydrogen-bond acceptors (Lipinski definition) is 2. The van der Waals surface area contributed by atoms with Crippen molar-refractivity contribution in [1.29, 1.82) is 0 Å². The maximum Gasteiger partial charge on any atom is 0.416 e. The Labute approximate surface area is 196 Å². The monoisotopic (exact) mass is 459 g/mol. The van der Waals surface area contributed by atoms with Gasteiger partial charge in [0.15, 0.2) is 5.60 Å². The van der Waals surface area contributed by atoms with Crippen molar-refractivity contribution in [3.8, 4) is 0 Å². The predicted molar refractivity (Wildman–Crippen MR) is 121 cm³/mol. The van der Waals surface area contributed by atoms with E-state index in [2.05, 4.69) is 19.9 Å². The Kier molecular flexibility index (Phi) is 5.02. The molecule has 4 rings (SSSR count). The largest absolute Gasteiger partial charge is 0.416 e. The van der Waals surface area contributed by atoms with Crippen molar-refractivity contribution in [3.05, 3.63) is 11.6 Å². The molecule has 4 aliphatic carbocycles. The number of halogens is 3. The molecule has 0 heterocycles. The third kappa shape index (κ3) is 3.87. The molecule has 184 valence electrons. The molecule has 0 aromatic heterocycles. The van der Waals surface area contributed by atoms with Gasteiger partial charge in [0.1, 0.15) is 0 Å². The van der Waals surface area contributed by atoms with E-state index in [1.165, 1.54) is 5.57 Å². The molecule has 0 saturated heterocycles. The topological polar surface area (TPSA) is 40.5 Å². The van der Waals surface area contributed by atoms with Crippen molar-refractivity contribution in [2.45, 2.75) is 116 Å². The maximum absolute atomic E-state index is 13.5. The molecule has 0 bridgehead atoms. The van der Waals surface area contributed by atoms with Crippen molar-refractivity contribution in [1.82, 2.24) is 0 Å². The van der Waals surface area contributed by atoms with Gasteiger partial charge < -0.3 is 10.2 Å². The smallest absolute Gasteiger partial charge is 0.390 e. The van der Waals surface area contributed by atoms with E-state index in [-0.39, 0.29) is 29.1 Å². The molecular weight excluding hydrogens is 413 g/mol. The van der Waals surface area contributed by atoms with Crippen LogP contribution in [0, 0.1) is 40.4 Å². The van der Waals surface area contributed by atoms with E-state index in [0.717, 1.165) is 51.4 Å². The molecule has 0 aliphatic heterocycles. The van der Waals surface area contributed by atoms with Crippen LogP contribution in [-0.4, -0.2) is 27.6 Å². The molecule has 0 aromatic carbocycles. The van der Waals surface area contributed by atoms with Crippen molar-refractivity contribution in [2.24, 2.45) is 40.4 Å². The third-order valence-electron chi connectivity index (χ3n) is 10.6. The molecule has 5 heteroatoms. The molecule has 32 heavy (non-hydrogen) atoms. The van der Waals surface area contributed by atoms with E-state index in [9.17, 15) is 23.4 Å². The Bertz CT molecular complexity index is 838. The maximum atomic E-state index is 13.5. The second kappa shape index (κ2) is 7.73. The highest BCUT2D eigenvalue weighted by atomic mass is 19.4. The Hall–Kier alpha value is -0.550. The van der Waals surface area contributed by atoms with Gasteiger partial charge in [-0.2, -0.15) is 13.2 Å². The zero-order valence-corrected chi connectivity index (χ0v) is 20.1. The Morgan fingerprint density at radius 1 is 1.12 bits per heavy atom. The van der Waals surface area contributed by atoms with E-state index in [0.29, 0.717) is 17.8 Å². The summed E-state index contributed by atoms with van der Waals surface area (Å²) in [5.74, 6) is 1.78. The highest BCUT2D eigenvalue weighted by Gasteiger charge is 2.60. The molecule has 0 aromatic rings. The van der Waals surface area contributed by atoms with Gasteiger partial charge in [0.05, 0.1) is 5.60 Å². The normalized spacial score (nSPS) is 48.8. The lowest BCUT2D eigenvalue weighted by molar-refractivity contribution is -0.256. The van der Waals surface area contributed by atoms with E-state index in [1.807, 2.05) is 13.8 Å². The summed E-state index contributed by atoms with van der Waals surface area (Å²) in [6.45, 7) is 5.08. The fraction of sp³-hybridized carbons (Fsp3) is 0.926. The van der Waals surface area contributed by atoms with Crippen LogP contribution in [0.2, 0.25) is 0 Å². The SMILES string of the molecule is [2H]C([2H])([2H])[C@](O)(CC[C@@H](C)[C@H]1CC[C@H]2[C@@H]3CC=C4C[C@@](C)(O)CC[C@]4(C)[C@H]3CC[C@]12C)C(F)(F)F. The molecule has 0 spiro atoms. The minimum Gasteiger partial charge on any atom is -0.390 e. The quantitative estimate of drug-likeness (QED) is 0.442. The van der Waals surface area contributed by atoms with Crippen LogP contribution in [-0.2, 0) is 0 Å². The number of rotatable bonds is 4. The van der Waals surface area contributed by atoms with Crippen molar-refractivity contribution >= 4 is 0 Å². The minimum absolute atomic E-state index is 0.0266. The Morgan fingerprint density at radius 3 is 2.50 bits per heavy atom. The first-order valence-electron chi connectivity index (χ1n) is 14.1. The summed E-state index contributed by atoms with van der Waals surface area (Å²) >= 11 is 0. The Morgan fingerprint density at radius 2 is 1.84 bits per heavy atom. The van der Waals surface area contributed by atoms with Crippen LogP contribution >= 0.6 is 0 Å². The van der Waals surface area contributed by atoms with Gasteiger partial charge in [-0.15, -0.1) is 0 Å². The second-order valence-corrected chi connectivity index (χ2v) is 12.5. The van der Waals surface area contributed by atoms with Crippen LogP contribution < -0.4 is 0 Å². The predicted octanol–water partition coefficient (Wildman–Crippen LogP) is 7.05. The zero-order valence-electron chi connectivity index (χ0n) is 23.1. The summed E-state index contributed by atoms with van der Waals surface area (Å²) in [5, 5.41) is 20.8. The molecule has 9 atom stereocenters. The number of aliphatic hydroxyl groups is 2. The average molecular weight is 460 g/mol. The van der Waals surface area contributed by atoms with Gasteiger partial charge in [-0.3, -0.25) is 0 Å². The molecule has 0 amide bonds. The summed E-state index contributed by atoms with van der Waals surface area (Å²) in [7, 11) is 0. The summed E-state index contributed by atoms with van der Waals surface area (Å²) in [6, 6.07) is 0. The lowest BCUT2D eigenvalue weighted by Crippen LogP contribution is -2.52. The zero-order chi connectivity index (χ0) is 26.2. The van der Waals surface area contributed by atoms with Gasteiger partial charge in [0.25, 0.3) is 0 Å². The van der Waals surface area contributed by atoms with Gasteiger partial charge in [-0.05, 0) is 118 Å². The minimum atomic E-state index is -5.19. The molecular formula is C27H43F3O2. The molecule has 3 fully saturated rings. The van der Waals surface area contributed by atoms with Crippen molar-refractivity contribution in [2.75, 3.05) is 0 Å². The molecule has 0 radical (unpaired) electrons. The molecule has 0 unspecified atom stereocenters. The van der Waals surface area contributed by atoms with Crippen LogP contribution in [0.25, 0.3) is 0 Å². The summed E-state index contributed by atoms with van der Waals surface area (Å²) in [4.78, 5) is 0. The Balaban J connectivity index is 1.50. The standard InChI is InChI=1S/C27H43F3O2/c1-17(10-13-26(5,32)27(28,29)30)20-8-9-21-19-7-6-18-16-23(2,31)14-15-24(18,3)22(19)11-12-25(20,21)4/h6,17,19-22,31-32H,7-16H2,1-5H3/t17-,19+,20-,21+,22+,23+,24+,25-,26+/m1/s1/i5D3. The summed E-state index contributed by atoms with van der Waals surface area (Å²) in [6.07, 6.45) is 4.18. The summed E-state index contributed by atoms with van der Waals surface area (Å²) < 4.78 is 62.7. The van der Waals surface area contributed by atoms with Crippen LogP contribution in [0.5, 0.6) is 0 Å². The van der Waals surface area contributed by atoms with Crippen LogP contribution in [0.4, 0.5) is 13.2 Å². The third-order valence-corrected chi connectivity index (χ3v) is 10.6. The highest BCUT2D eigenvalue weighted by molar-refractivity contribution is 5.26. The lowest BCUT2D eigenvalue weighted by atomic mass is 9.46. The van der Waals surface area contributed by atoms with E-state index in [4.69, 9.17) is 4.11 Å². The van der Waals surface area contributed by atoms with Gasteiger partial charge in [0, 0.05) is 4.11 Å². The average Bonchev–Trinajstić information content (AvgIpc) is 3.07. The van der Waals surface area contributed by atoms with Crippen LogP contribution in [0.15, 0.2) is 11.6 Å². The first-order valence-corrected chi connectivity index (χ1v) is 12.6. The first-order chi connectivity index (χ1) is 15.9. The molecule has 3 saturated carbocycles. The molecule has 4 aliphatic rings. The lowest BCUT2D eigenvalue weighted by Gasteiger charge is -2.59. The van der Waals surface area contributed by atoms with Crippen LogP contribution in [0.3, 0.4) is 0 Å². The number of allylic oxidation sites excluding steroid dienone is 1. The number of hydrogen-bond donors (Lipinski definition) is 2. The second-order valence-electron chi connectivity index (χ2n) is 12.5. The molecule has 2 nitrogen and oxygen atoms in total. The molecule has 2 N–H and O–H groups in total. The van der Waals surface area contributed by atoms with E-state index < -0.39 is 30.7 Å². The highest BCUT2D eigenvalue weighted by Crippen LogP contribution is 2.67. The van der Waals surface area contributed by atoms with Crippen LogP contribution in [0.1, 0.15) is 103 Å². The first kappa shape index (κ1) is 20.8. The van der Waals surface area contributed by atoms with Crippen molar-refractivity contribution < 1.29 is 27.5 Å². The fourth-order valence-corrected chi connectivity index (χ4v) is 8.56. The van der Waals surface area contributed by atoms with Gasteiger partial charge in [-0.1, -0.05) is 32.4 Å². The van der Waals surface area contributed by atoms with E-state index in [1.54, 1.807) is 0 Å². The number of fused-ring (bicyclic) bond motifs is 5. The fourth-order valence-electron chi connectivity index (χ4n) is 8.56. The van der Waals surface area contributed by atoms with Gasteiger partial charge in [0.2, 0.25) is 0 Å². The van der Waals surface area contributed by atoms with Gasteiger partial charge >= 0.3 is 6.18 Å².